The average Bonchev–Trinajstić information content (AvgIpc) is 2.95. The van der Waals surface area contributed by atoms with E-state index in [0.717, 1.165) is 56.4 Å². The third-order valence-corrected chi connectivity index (χ3v) is 4.93. The van der Waals surface area contributed by atoms with Crippen molar-refractivity contribution < 1.29 is 0 Å². The number of rotatable bonds is 9. The number of aliphatic imine (C=N–C) groups is 1. The number of halogens is 1. The predicted octanol–water partition coefficient (Wildman–Crippen LogP) is 3.37. The molecule has 26 heavy (non-hydrogen) atoms. The van der Waals surface area contributed by atoms with Gasteiger partial charge in [-0.1, -0.05) is 6.07 Å². The number of pyridine rings is 1. The van der Waals surface area contributed by atoms with E-state index in [-0.39, 0.29) is 24.0 Å². The minimum absolute atomic E-state index is 0. The Morgan fingerprint density at radius 2 is 1.88 bits per heavy atom. The van der Waals surface area contributed by atoms with Gasteiger partial charge < -0.3 is 16.0 Å². The highest BCUT2D eigenvalue weighted by Crippen LogP contribution is 2.16. The topological polar surface area (TPSA) is 74.2 Å². The Hall–Kier alpha value is -1.42. The van der Waals surface area contributed by atoms with Gasteiger partial charge in [-0.3, -0.25) is 4.99 Å². The third kappa shape index (κ3) is 8.31. The van der Waals surface area contributed by atoms with E-state index in [4.69, 9.17) is 0 Å². The molecule has 0 aliphatic rings. The van der Waals surface area contributed by atoms with Crippen LogP contribution in [0.1, 0.15) is 28.4 Å². The molecule has 2 aromatic rings. The van der Waals surface area contributed by atoms with Crippen molar-refractivity contribution in [2.24, 2.45) is 4.99 Å². The highest BCUT2D eigenvalue weighted by molar-refractivity contribution is 14.0. The summed E-state index contributed by atoms with van der Waals surface area (Å²) in [5, 5.41) is 11.2. The van der Waals surface area contributed by atoms with Gasteiger partial charge in [0.2, 0.25) is 0 Å². The molecule has 0 saturated heterocycles. The SMILES string of the molecule is CN=C(NCCCCNc1ccccn1)NCCc1nc(C)c(C)s1.I. The van der Waals surface area contributed by atoms with Crippen LogP contribution >= 0.6 is 35.3 Å². The molecule has 2 heterocycles. The lowest BCUT2D eigenvalue weighted by Crippen LogP contribution is -2.38. The van der Waals surface area contributed by atoms with E-state index in [9.17, 15) is 0 Å². The Balaban J connectivity index is 0.00000338. The van der Waals surface area contributed by atoms with Crippen molar-refractivity contribution in [2.75, 3.05) is 32.0 Å². The second kappa shape index (κ2) is 12.9. The molecule has 0 aliphatic heterocycles. The van der Waals surface area contributed by atoms with Crippen LogP contribution in [0.15, 0.2) is 29.4 Å². The number of unbranched alkanes of at least 4 members (excludes halogenated alkanes) is 1. The number of thiazole rings is 1. The minimum atomic E-state index is 0. The van der Waals surface area contributed by atoms with Crippen molar-refractivity contribution in [1.82, 2.24) is 20.6 Å². The minimum Gasteiger partial charge on any atom is -0.370 e. The number of nitrogens with zero attached hydrogens (tertiary/aromatic N) is 3. The first kappa shape index (κ1) is 22.6. The monoisotopic (exact) mass is 488 g/mol. The summed E-state index contributed by atoms with van der Waals surface area (Å²) in [6.45, 7) is 6.85. The van der Waals surface area contributed by atoms with Gasteiger partial charge in [-0.25, -0.2) is 9.97 Å². The fourth-order valence-electron chi connectivity index (χ4n) is 2.30. The first-order valence-corrected chi connectivity index (χ1v) is 9.53. The molecule has 2 rings (SSSR count). The quantitative estimate of drug-likeness (QED) is 0.219. The highest BCUT2D eigenvalue weighted by Gasteiger charge is 2.04. The Bertz CT molecular complexity index is 639. The van der Waals surface area contributed by atoms with Gasteiger partial charge in [-0.05, 0) is 38.8 Å². The lowest BCUT2D eigenvalue weighted by atomic mass is 10.3. The Morgan fingerprint density at radius 3 is 2.54 bits per heavy atom. The van der Waals surface area contributed by atoms with Crippen LogP contribution in [0, 0.1) is 13.8 Å². The van der Waals surface area contributed by atoms with E-state index in [1.165, 1.54) is 9.88 Å². The Kier molecular flexibility index (Phi) is 11.2. The highest BCUT2D eigenvalue weighted by atomic mass is 127. The number of aryl methyl sites for hydroxylation is 2. The maximum absolute atomic E-state index is 4.56. The molecular formula is C18H29IN6S. The lowest BCUT2D eigenvalue weighted by molar-refractivity contribution is 0.709. The second-order valence-electron chi connectivity index (χ2n) is 5.77. The zero-order chi connectivity index (χ0) is 17.9. The van der Waals surface area contributed by atoms with E-state index >= 15 is 0 Å². The fourth-order valence-corrected chi connectivity index (χ4v) is 3.23. The van der Waals surface area contributed by atoms with Crippen LogP contribution in [0.5, 0.6) is 0 Å². The molecule has 0 radical (unpaired) electrons. The van der Waals surface area contributed by atoms with Crippen molar-refractivity contribution in [2.45, 2.75) is 33.1 Å². The van der Waals surface area contributed by atoms with Crippen molar-refractivity contribution >= 4 is 47.1 Å². The van der Waals surface area contributed by atoms with Crippen molar-refractivity contribution in [3.63, 3.8) is 0 Å². The summed E-state index contributed by atoms with van der Waals surface area (Å²) in [6, 6.07) is 5.89. The average molecular weight is 488 g/mol. The number of guanidine groups is 1. The Morgan fingerprint density at radius 1 is 1.12 bits per heavy atom. The molecule has 0 aliphatic carbocycles. The smallest absolute Gasteiger partial charge is 0.190 e. The molecule has 0 unspecified atom stereocenters. The normalized spacial score (nSPS) is 11.0. The van der Waals surface area contributed by atoms with Crippen LogP contribution in [-0.2, 0) is 6.42 Å². The van der Waals surface area contributed by atoms with Gasteiger partial charge in [0.1, 0.15) is 5.82 Å². The molecule has 0 spiro atoms. The number of hydrogen-bond donors (Lipinski definition) is 3. The molecular weight excluding hydrogens is 459 g/mol. The van der Waals surface area contributed by atoms with Gasteiger partial charge in [-0.2, -0.15) is 0 Å². The number of anilines is 1. The van der Waals surface area contributed by atoms with Gasteiger partial charge in [0, 0.05) is 44.2 Å². The summed E-state index contributed by atoms with van der Waals surface area (Å²) in [5.41, 5.74) is 1.14. The molecule has 0 saturated carbocycles. The first-order valence-electron chi connectivity index (χ1n) is 8.71. The van der Waals surface area contributed by atoms with Gasteiger partial charge in [0.05, 0.1) is 10.7 Å². The zero-order valence-electron chi connectivity index (χ0n) is 15.7. The molecule has 0 fully saturated rings. The zero-order valence-corrected chi connectivity index (χ0v) is 18.9. The van der Waals surface area contributed by atoms with Gasteiger partial charge in [-0.15, -0.1) is 35.3 Å². The Labute approximate surface area is 177 Å². The van der Waals surface area contributed by atoms with Crippen LogP contribution in [0.4, 0.5) is 5.82 Å². The van der Waals surface area contributed by atoms with Crippen LogP contribution in [0.2, 0.25) is 0 Å². The number of aromatic nitrogens is 2. The van der Waals surface area contributed by atoms with Crippen LogP contribution < -0.4 is 16.0 Å². The summed E-state index contributed by atoms with van der Waals surface area (Å²) < 4.78 is 0. The molecule has 3 N–H and O–H groups in total. The molecule has 0 amide bonds. The molecule has 144 valence electrons. The molecule has 2 aromatic heterocycles. The summed E-state index contributed by atoms with van der Waals surface area (Å²) in [5.74, 6) is 1.78. The summed E-state index contributed by atoms with van der Waals surface area (Å²) in [6.07, 6.45) is 4.88. The van der Waals surface area contributed by atoms with E-state index < -0.39 is 0 Å². The molecule has 6 nitrogen and oxygen atoms in total. The van der Waals surface area contributed by atoms with Gasteiger partial charge >= 0.3 is 0 Å². The van der Waals surface area contributed by atoms with E-state index in [1.54, 1.807) is 24.6 Å². The van der Waals surface area contributed by atoms with E-state index in [0.29, 0.717) is 0 Å². The van der Waals surface area contributed by atoms with E-state index in [1.807, 2.05) is 18.2 Å². The fraction of sp³-hybridized carbons (Fsp3) is 0.500. The molecule has 8 heteroatoms. The van der Waals surface area contributed by atoms with Crippen molar-refractivity contribution in [3.05, 3.63) is 40.0 Å². The maximum atomic E-state index is 4.56. The van der Waals surface area contributed by atoms with Gasteiger partial charge in [0.15, 0.2) is 5.96 Å². The maximum Gasteiger partial charge on any atom is 0.190 e. The largest absolute Gasteiger partial charge is 0.370 e. The van der Waals surface area contributed by atoms with Crippen LogP contribution in [0.3, 0.4) is 0 Å². The molecule has 0 aromatic carbocycles. The third-order valence-electron chi connectivity index (χ3n) is 3.79. The van der Waals surface area contributed by atoms with Crippen LogP contribution in [-0.4, -0.2) is 42.6 Å². The second-order valence-corrected chi connectivity index (χ2v) is 7.06. The van der Waals surface area contributed by atoms with Gasteiger partial charge in [0.25, 0.3) is 0 Å². The molecule has 0 bridgehead atoms. The van der Waals surface area contributed by atoms with Crippen molar-refractivity contribution in [3.8, 4) is 0 Å². The number of nitrogens with one attached hydrogen (secondary N) is 3. The summed E-state index contributed by atoms with van der Waals surface area (Å²) >= 11 is 1.78. The van der Waals surface area contributed by atoms with E-state index in [2.05, 4.69) is 44.8 Å². The molecule has 0 atom stereocenters. The van der Waals surface area contributed by atoms with Crippen molar-refractivity contribution in [1.29, 1.82) is 0 Å². The van der Waals surface area contributed by atoms with Crippen LogP contribution in [0.25, 0.3) is 0 Å². The summed E-state index contributed by atoms with van der Waals surface area (Å²) in [4.78, 5) is 14.4. The first-order chi connectivity index (χ1) is 12.2. The predicted molar refractivity (Wildman–Crippen MR) is 122 cm³/mol. The lowest BCUT2D eigenvalue weighted by Gasteiger charge is -2.11. The number of hydrogen-bond acceptors (Lipinski definition) is 5. The summed E-state index contributed by atoms with van der Waals surface area (Å²) in [7, 11) is 1.80. The standard InChI is InChI=1S/C18H28N6S.HI/c1-14-15(2)25-17(24-14)9-13-23-18(19-3)22-12-7-6-11-21-16-8-4-5-10-20-16;/h4-5,8,10H,6-7,9,11-13H2,1-3H3,(H,20,21)(H2,19,22,23);1H.